The number of amides is 5. The van der Waals surface area contributed by atoms with E-state index in [1.807, 2.05) is 13.8 Å². The van der Waals surface area contributed by atoms with Gasteiger partial charge >= 0.3 is 5.97 Å². The van der Waals surface area contributed by atoms with Gasteiger partial charge in [-0.2, -0.15) is 0 Å². The van der Waals surface area contributed by atoms with Gasteiger partial charge in [0.15, 0.2) is 0 Å². The number of aromatic hydroxyl groups is 1. The molecule has 1 rings (SSSR count). The van der Waals surface area contributed by atoms with Crippen molar-refractivity contribution in [2.75, 3.05) is 20.1 Å². The first-order chi connectivity index (χ1) is 24.6. The normalized spacial score (nSPS) is 14.5. The fourth-order valence-corrected chi connectivity index (χ4v) is 5.47. The third-order valence-corrected chi connectivity index (χ3v) is 8.39. The molecule has 0 bridgehead atoms. The van der Waals surface area contributed by atoms with Crippen LogP contribution >= 0.6 is 0 Å². The van der Waals surface area contributed by atoms with E-state index >= 15 is 0 Å². The molecule has 292 valence electrons. The van der Waals surface area contributed by atoms with E-state index in [2.05, 4.69) is 27.8 Å². The maximum absolute atomic E-state index is 13.8. The molecule has 0 radical (unpaired) electrons. The van der Waals surface area contributed by atoms with Crippen LogP contribution in [0.4, 0.5) is 0 Å². The highest BCUT2D eigenvalue weighted by molar-refractivity contribution is 5.96. The molecule has 16 heteroatoms. The number of nitrogens with two attached hydrogens (primary N) is 3. The van der Waals surface area contributed by atoms with Crippen molar-refractivity contribution in [3.8, 4) is 5.75 Å². The molecule has 1 aromatic rings. The highest BCUT2D eigenvalue weighted by Crippen LogP contribution is 2.14. The maximum atomic E-state index is 13.8. The Kier molecular flexibility index (Phi) is 20.9. The fourth-order valence-electron chi connectivity index (χ4n) is 5.47. The number of hydrogen-bond donors (Lipinski definition) is 9. The first-order valence-corrected chi connectivity index (χ1v) is 17.8. The number of carboxylic acid groups (broad SMARTS) is 1. The summed E-state index contributed by atoms with van der Waals surface area (Å²) in [5, 5.41) is 30.0. The highest BCUT2D eigenvalue weighted by atomic mass is 16.4. The first-order valence-electron chi connectivity index (χ1n) is 17.8. The molecular formula is C36H60N8O8. The van der Waals surface area contributed by atoms with Crippen LogP contribution in [0.25, 0.3) is 0 Å². The smallest absolute Gasteiger partial charge is 0.326 e. The molecule has 0 fully saturated rings. The zero-order valence-electron chi connectivity index (χ0n) is 30.9. The second-order valence-corrected chi connectivity index (χ2v) is 13.4. The third kappa shape index (κ3) is 16.2. The summed E-state index contributed by atoms with van der Waals surface area (Å²) in [6.07, 6.45) is 4.09. The van der Waals surface area contributed by atoms with Crippen LogP contribution in [0.3, 0.4) is 0 Å². The summed E-state index contributed by atoms with van der Waals surface area (Å²) in [5.74, 6) is -4.51. The number of carbonyl (C=O) groups excluding carboxylic acids is 5. The second kappa shape index (κ2) is 23.8. The number of aliphatic carboxylic acids is 1. The molecule has 1 aromatic carbocycles. The molecule has 0 spiro atoms. The Bertz CT molecular complexity index is 1320. The molecule has 5 amide bonds. The molecular weight excluding hydrogens is 672 g/mol. The Morgan fingerprint density at radius 2 is 1.27 bits per heavy atom. The minimum atomic E-state index is -1.26. The van der Waals surface area contributed by atoms with Gasteiger partial charge in [-0.3, -0.25) is 24.0 Å². The van der Waals surface area contributed by atoms with Crippen LogP contribution in [0, 0.1) is 5.92 Å². The van der Waals surface area contributed by atoms with Gasteiger partial charge in [-0.1, -0.05) is 32.1 Å². The third-order valence-electron chi connectivity index (χ3n) is 8.39. The molecule has 12 N–H and O–H groups in total. The molecule has 0 heterocycles. The van der Waals surface area contributed by atoms with Crippen LogP contribution in [-0.2, 0) is 35.2 Å². The molecule has 0 saturated carbocycles. The van der Waals surface area contributed by atoms with Crippen molar-refractivity contribution in [1.82, 2.24) is 26.2 Å². The topological polar surface area (TPSA) is 272 Å². The molecule has 0 saturated heterocycles. The number of nitrogens with zero attached hydrogens (tertiary/aromatic N) is 1. The summed E-state index contributed by atoms with van der Waals surface area (Å²) in [4.78, 5) is 80.5. The summed E-state index contributed by atoms with van der Waals surface area (Å²) in [6, 6.07) is -0.669. The van der Waals surface area contributed by atoms with E-state index < -0.39 is 71.8 Å². The number of hydrogen-bond acceptors (Lipinski definition) is 10. The van der Waals surface area contributed by atoms with E-state index in [1.165, 1.54) is 37.1 Å². The number of phenolic OH excluding ortho intramolecular Hbond substituents is 1. The Labute approximate surface area is 306 Å². The fraction of sp³-hybridized carbons (Fsp3) is 0.611. The van der Waals surface area contributed by atoms with Gasteiger partial charge in [0.25, 0.3) is 0 Å². The number of benzene rings is 1. The maximum Gasteiger partial charge on any atom is 0.326 e. The quantitative estimate of drug-likeness (QED) is 0.0477. The lowest BCUT2D eigenvalue weighted by Gasteiger charge is -2.31. The van der Waals surface area contributed by atoms with Gasteiger partial charge in [0, 0.05) is 13.5 Å². The number of rotatable bonds is 25. The van der Waals surface area contributed by atoms with Gasteiger partial charge in [-0.15, -0.1) is 6.58 Å². The van der Waals surface area contributed by atoms with Crippen molar-refractivity contribution in [3.63, 3.8) is 0 Å². The summed E-state index contributed by atoms with van der Waals surface area (Å²) in [6.45, 7) is 9.57. The van der Waals surface area contributed by atoms with Gasteiger partial charge < -0.3 is 53.6 Å². The van der Waals surface area contributed by atoms with E-state index in [0.29, 0.717) is 44.3 Å². The predicted molar refractivity (Wildman–Crippen MR) is 197 cm³/mol. The number of nitrogens with one attached hydrogen (secondary N) is 4. The van der Waals surface area contributed by atoms with Gasteiger partial charge in [0.1, 0.15) is 36.0 Å². The van der Waals surface area contributed by atoms with Crippen molar-refractivity contribution in [2.45, 2.75) is 115 Å². The second-order valence-electron chi connectivity index (χ2n) is 13.4. The molecule has 0 aromatic heterocycles. The van der Waals surface area contributed by atoms with Crippen LogP contribution in [0.1, 0.15) is 77.7 Å². The van der Waals surface area contributed by atoms with E-state index in [4.69, 9.17) is 17.2 Å². The summed E-state index contributed by atoms with van der Waals surface area (Å²) >= 11 is 0. The van der Waals surface area contributed by atoms with Crippen molar-refractivity contribution in [1.29, 1.82) is 0 Å². The average Bonchev–Trinajstić information content (AvgIpc) is 3.08. The monoisotopic (exact) mass is 732 g/mol. The number of carboxylic acids is 1. The Morgan fingerprint density at radius 3 is 1.79 bits per heavy atom. The van der Waals surface area contributed by atoms with Crippen molar-refractivity contribution in [2.24, 2.45) is 23.1 Å². The van der Waals surface area contributed by atoms with Crippen LogP contribution in [-0.4, -0.2) is 107 Å². The molecule has 0 unspecified atom stereocenters. The van der Waals surface area contributed by atoms with Crippen LogP contribution in [0.2, 0.25) is 0 Å². The van der Waals surface area contributed by atoms with E-state index in [-0.39, 0.29) is 43.8 Å². The van der Waals surface area contributed by atoms with Crippen LogP contribution < -0.4 is 38.5 Å². The Morgan fingerprint density at radius 1 is 0.769 bits per heavy atom. The number of carbonyl (C=O) groups is 6. The lowest BCUT2D eigenvalue weighted by molar-refractivity contribution is -0.143. The molecule has 52 heavy (non-hydrogen) atoms. The van der Waals surface area contributed by atoms with Gasteiger partial charge in [0.2, 0.25) is 29.5 Å². The summed E-state index contributed by atoms with van der Waals surface area (Å²) in [5.41, 5.74) is 17.7. The van der Waals surface area contributed by atoms with Gasteiger partial charge in [-0.05, 0) is 95.0 Å². The SMILES string of the molecule is C=CC[C@H](NC(=O)[C@H](CCCCN)NC(=O)[C@H](CCCCN)N(C)C(=O)[C@H](C)N)C(=O)N[C@@H](Cc1ccc(O)cc1)C(=O)N[C@@H](CC(C)C)C(=O)O. The standard InChI is InChI=1S/C36H60N8O8/c1-6-11-26(31(46)42-28(21-24-14-16-25(45)17-15-24)33(48)43-29(36(51)52)20-22(2)3)40-32(47)27(12-7-9-18-37)41-34(49)30(13-8-10-19-38)44(5)35(50)23(4)39/h6,14-17,22-23,26-30,45H,1,7-13,18-21,37-39H2,2-5H3,(H,40,47)(H,41,49)(H,42,46)(H,43,48)(H,51,52)/t23-,26-,27-,28-,29-,30-/m0/s1. The first kappa shape index (κ1) is 45.5. The zero-order valence-corrected chi connectivity index (χ0v) is 30.9. The zero-order chi connectivity index (χ0) is 39.4. The predicted octanol–water partition coefficient (Wildman–Crippen LogP) is 0.0129. The van der Waals surface area contributed by atoms with Gasteiger partial charge in [-0.25, -0.2) is 4.79 Å². The van der Waals surface area contributed by atoms with E-state index in [9.17, 15) is 39.0 Å². The highest BCUT2D eigenvalue weighted by Gasteiger charge is 2.34. The molecule has 0 aliphatic carbocycles. The largest absolute Gasteiger partial charge is 0.508 e. The van der Waals surface area contributed by atoms with E-state index in [1.54, 1.807) is 12.1 Å². The number of likely N-dealkylation sites (N-methyl/N-ethyl adjacent to an activating group) is 1. The molecule has 6 atom stereocenters. The Balaban J connectivity index is 3.34. The average molecular weight is 733 g/mol. The van der Waals surface area contributed by atoms with E-state index in [0.717, 1.165) is 0 Å². The van der Waals surface area contributed by atoms with Crippen molar-refractivity contribution in [3.05, 3.63) is 42.5 Å². The minimum Gasteiger partial charge on any atom is -0.508 e. The molecule has 16 nitrogen and oxygen atoms in total. The van der Waals surface area contributed by atoms with Crippen LogP contribution in [0.15, 0.2) is 36.9 Å². The molecule has 0 aliphatic rings. The molecule has 0 aliphatic heterocycles. The lowest BCUT2D eigenvalue weighted by Crippen LogP contribution is -2.59. The number of unbranched alkanes of at least 4 members (excludes halogenated alkanes) is 2. The number of phenols is 1. The Hall–Kier alpha value is -4.54. The van der Waals surface area contributed by atoms with Crippen molar-refractivity contribution >= 4 is 35.5 Å². The summed E-state index contributed by atoms with van der Waals surface area (Å²) in [7, 11) is 1.47. The van der Waals surface area contributed by atoms with Gasteiger partial charge in [0.05, 0.1) is 6.04 Å². The van der Waals surface area contributed by atoms with Crippen molar-refractivity contribution < 1.29 is 39.0 Å². The lowest BCUT2D eigenvalue weighted by atomic mass is 10.0. The summed E-state index contributed by atoms with van der Waals surface area (Å²) < 4.78 is 0. The minimum absolute atomic E-state index is 0.00686. The van der Waals surface area contributed by atoms with Crippen LogP contribution in [0.5, 0.6) is 5.75 Å².